The van der Waals surface area contributed by atoms with Crippen molar-refractivity contribution in [2.24, 2.45) is 11.3 Å². The number of benzene rings is 2. The number of aromatic nitrogens is 1. The third-order valence-electron chi connectivity index (χ3n) is 9.90. The number of carbonyl (C=O) groups is 4. The second kappa shape index (κ2) is 14.7. The molecule has 3 fully saturated rings. The molecular formula is C38H45N5O9S. The van der Waals surface area contributed by atoms with Crippen LogP contribution in [0.1, 0.15) is 52.0 Å². The van der Waals surface area contributed by atoms with Crippen molar-refractivity contribution < 1.29 is 41.8 Å². The fourth-order valence-electron chi connectivity index (χ4n) is 6.60. The Bertz CT molecular complexity index is 2010. The first-order valence-corrected chi connectivity index (χ1v) is 19.1. The quantitative estimate of drug-likeness (QED) is 0.219. The van der Waals surface area contributed by atoms with E-state index in [0.29, 0.717) is 24.0 Å². The molecule has 1 unspecified atom stereocenters. The van der Waals surface area contributed by atoms with Crippen LogP contribution in [0.25, 0.3) is 10.8 Å². The number of nitrogens with one attached hydrogen (secondary N) is 3. The first-order chi connectivity index (χ1) is 25.1. The van der Waals surface area contributed by atoms with Crippen LogP contribution < -0.4 is 24.8 Å². The third-order valence-corrected chi connectivity index (χ3v) is 11.7. The molecule has 53 heavy (non-hydrogen) atoms. The molecule has 6 rings (SSSR count). The minimum atomic E-state index is -3.90. The lowest BCUT2D eigenvalue weighted by atomic mass is 9.85. The maximum absolute atomic E-state index is 14.5. The van der Waals surface area contributed by atoms with E-state index in [4.69, 9.17) is 14.2 Å². The van der Waals surface area contributed by atoms with Gasteiger partial charge in [-0.15, -0.1) is 6.58 Å². The fraction of sp³-hybridized carbons (Fsp3) is 0.447. The van der Waals surface area contributed by atoms with Crippen LogP contribution in [0.15, 0.2) is 73.4 Å². The lowest BCUT2D eigenvalue weighted by Crippen LogP contribution is -2.60. The molecule has 282 valence electrons. The average Bonchev–Trinajstić information content (AvgIpc) is 4.06. The van der Waals surface area contributed by atoms with E-state index in [1.54, 1.807) is 58.3 Å². The summed E-state index contributed by atoms with van der Waals surface area (Å²) in [5.74, 6) is -1.69. The molecule has 2 heterocycles. The number of hydrogen-bond acceptors (Lipinski definition) is 10. The molecule has 14 nitrogen and oxygen atoms in total. The van der Waals surface area contributed by atoms with Crippen molar-refractivity contribution in [3.63, 3.8) is 0 Å². The van der Waals surface area contributed by atoms with Crippen LogP contribution in [0.4, 0.5) is 4.79 Å². The fourth-order valence-corrected chi connectivity index (χ4v) is 7.96. The lowest BCUT2D eigenvalue weighted by Gasteiger charge is -2.35. The summed E-state index contributed by atoms with van der Waals surface area (Å²) in [6, 6.07) is 14.0. The van der Waals surface area contributed by atoms with Gasteiger partial charge in [-0.1, -0.05) is 57.2 Å². The number of rotatable bonds is 13. The topological polar surface area (TPSA) is 182 Å². The summed E-state index contributed by atoms with van der Waals surface area (Å²) >= 11 is 0. The van der Waals surface area contributed by atoms with Crippen molar-refractivity contribution in [3.8, 4) is 11.6 Å². The minimum absolute atomic E-state index is 0.0118. The summed E-state index contributed by atoms with van der Waals surface area (Å²) in [7, 11) is -2.34. The Hall–Kier alpha value is -5.18. The molecular weight excluding hydrogens is 703 g/mol. The van der Waals surface area contributed by atoms with Gasteiger partial charge in [0, 0.05) is 23.9 Å². The molecule has 0 spiro atoms. The molecule has 2 aliphatic carbocycles. The predicted molar refractivity (Wildman–Crippen MR) is 195 cm³/mol. The van der Waals surface area contributed by atoms with Gasteiger partial charge in [0.15, 0.2) is 0 Å². The maximum Gasteiger partial charge on any atom is 0.408 e. The van der Waals surface area contributed by atoms with Crippen LogP contribution in [-0.2, 0) is 35.8 Å². The number of amides is 4. The Balaban J connectivity index is 1.26. The summed E-state index contributed by atoms with van der Waals surface area (Å²) < 4.78 is 44.7. The standard InChI is InChI=1S/C38H45N5O9S/c1-6-25-20-38(25,35(46)42-53(48,49)28-13-14-28)41-32(44)30-19-27(52-33-29-15-12-26(50-5)18-24(29)16-17-39-33)21-43(30)34(45)31(37(2,3)4)40-36(47)51-22-23-10-8-7-9-11-23/h6-12,15-18,25,27-28,30-31H,1,13-14,19-22H2,2-5H3,(H,40,47)(H,41,44)(H,42,46)/t25?,27-,30+,31-,38-/m1/s1. The molecule has 1 aliphatic heterocycles. The number of ether oxygens (including phenoxy) is 3. The van der Waals surface area contributed by atoms with Crippen LogP contribution in [0.2, 0.25) is 0 Å². The Morgan fingerprint density at radius 1 is 1.09 bits per heavy atom. The zero-order chi connectivity index (χ0) is 38.1. The number of hydrogen-bond donors (Lipinski definition) is 3. The first-order valence-electron chi connectivity index (χ1n) is 17.5. The van der Waals surface area contributed by atoms with Crippen molar-refractivity contribution in [3.05, 3.63) is 79.0 Å². The van der Waals surface area contributed by atoms with E-state index in [9.17, 15) is 27.6 Å². The largest absolute Gasteiger partial charge is 0.497 e. The molecule has 0 bridgehead atoms. The summed E-state index contributed by atoms with van der Waals surface area (Å²) in [5, 5.41) is 6.34. The molecule has 15 heteroatoms. The van der Waals surface area contributed by atoms with Crippen molar-refractivity contribution in [2.75, 3.05) is 13.7 Å². The van der Waals surface area contributed by atoms with Gasteiger partial charge in [-0.05, 0) is 59.9 Å². The van der Waals surface area contributed by atoms with Gasteiger partial charge >= 0.3 is 6.09 Å². The van der Waals surface area contributed by atoms with Crippen LogP contribution >= 0.6 is 0 Å². The number of likely N-dealkylation sites (tertiary alicyclic amines) is 1. The zero-order valence-corrected chi connectivity index (χ0v) is 31.0. The second-order valence-electron chi connectivity index (χ2n) is 14.9. The maximum atomic E-state index is 14.5. The average molecular weight is 748 g/mol. The van der Waals surface area contributed by atoms with E-state index >= 15 is 0 Å². The highest BCUT2D eigenvalue weighted by molar-refractivity contribution is 7.91. The van der Waals surface area contributed by atoms with Crippen molar-refractivity contribution >= 4 is 44.6 Å². The molecule has 5 atom stereocenters. The van der Waals surface area contributed by atoms with Gasteiger partial charge < -0.3 is 29.7 Å². The number of fused-ring (bicyclic) bond motifs is 1. The number of methoxy groups -OCH3 is 1. The molecule has 2 saturated carbocycles. The van der Waals surface area contributed by atoms with E-state index < -0.39 is 74.1 Å². The monoisotopic (exact) mass is 747 g/mol. The third kappa shape index (κ3) is 8.24. The highest BCUT2D eigenvalue weighted by atomic mass is 32.2. The number of sulfonamides is 1. The predicted octanol–water partition coefficient (Wildman–Crippen LogP) is 3.60. The summed E-state index contributed by atoms with van der Waals surface area (Å²) in [4.78, 5) is 61.1. The van der Waals surface area contributed by atoms with E-state index in [-0.39, 0.29) is 31.9 Å². The first kappa shape index (κ1) is 37.6. The van der Waals surface area contributed by atoms with Crippen molar-refractivity contribution in [1.29, 1.82) is 0 Å². The second-order valence-corrected chi connectivity index (χ2v) is 16.8. The van der Waals surface area contributed by atoms with Gasteiger partial charge in [-0.2, -0.15) is 0 Å². The Kier molecular flexibility index (Phi) is 10.4. The van der Waals surface area contributed by atoms with E-state index in [1.807, 2.05) is 30.3 Å². The lowest BCUT2D eigenvalue weighted by molar-refractivity contribution is -0.142. The number of nitrogens with zero attached hydrogens (tertiary/aromatic N) is 2. The number of pyridine rings is 1. The van der Waals surface area contributed by atoms with Gasteiger partial charge in [-0.25, -0.2) is 18.2 Å². The Labute approximate surface area is 308 Å². The normalized spacial score (nSPS) is 23.0. The zero-order valence-electron chi connectivity index (χ0n) is 30.2. The van der Waals surface area contributed by atoms with E-state index in [0.717, 1.165) is 10.9 Å². The van der Waals surface area contributed by atoms with Crippen LogP contribution in [0.3, 0.4) is 0 Å². The van der Waals surface area contributed by atoms with Crippen LogP contribution in [0, 0.1) is 11.3 Å². The van der Waals surface area contributed by atoms with E-state index in [1.165, 1.54) is 11.0 Å². The Morgan fingerprint density at radius 3 is 2.47 bits per heavy atom. The van der Waals surface area contributed by atoms with E-state index in [2.05, 4.69) is 26.9 Å². The smallest absolute Gasteiger partial charge is 0.408 e. The summed E-state index contributed by atoms with van der Waals surface area (Å²) in [6.07, 6.45) is 2.59. The molecule has 1 saturated heterocycles. The van der Waals surface area contributed by atoms with Crippen LogP contribution in [0.5, 0.6) is 11.6 Å². The Morgan fingerprint density at radius 2 is 1.83 bits per heavy atom. The molecule has 3 aliphatic rings. The molecule has 4 amide bonds. The van der Waals surface area contributed by atoms with Crippen LogP contribution in [-0.4, -0.2) is 84.7 Å². The number of alkyl carbamates (subject to hydrolysis) is 1. The molecule has 3 N–H and O–H groups in total. The molecule has 1 aromatic heterocycles. The van der Waals surface area contributed by atoms with Gasteiger partial charge in [0.05, 0.1) is 18.9 Å². The highest BCUT2D eigenvalue weighted by Gasteiger charge is 2.62. The van der Waals surface area contributed by atoms with Crippen molar-refractivity contribution in [1.82, 2.24) is 25.2 Å². The van der Waals surface area contributed by atoms with Gasteiger partial charge in [-0.3, -0.25) is 19.1 Å². The molecule has 2 aromatic carbocycles. The highest BCUT2D eigenvalue weighted by Crippen LogP contribution is 2.45. The minimum Gasteiger partial charge on any atom is -0.497 e. The van der Waals surface area contributed by atoms with Gasteiger partial charge in [0.1, 0.15) is 36.1 Å². The van der Waals surface area contributed by atoms with Gasteiger partial charge in [0.25, 0.3) is 5.91 Å². The summed E-state index contributed by atoms with van der Waals surface area (Å²) in [6.45, 7) is 9.02. The van der Waals surface area contributed by atoms with Crippen molar-refractivity contribution in [2.45, 2.75) is 82.0 Å². The number of carbonyl (C=O) groups excluding carboxylic acids is 4. The SMILES string of the molecule is C=CC1C[C@]1(NC(=O)[C@@H]1C[C@@H](Oc2nccc3cc(OC)ccc23)CN1C(=O)[C@@H](NC(=O)OCc1ccccc1)C(C)(C)C)C(=O)NS(=O)(=O)C1CC1. The summed E-state index contributed by atoms with van der Waals surface area (Å²) in [5.41, 5.74) is -1.63. The molecule has 0 radical (unpaired) electrons. The van der Waals surface area contributed by atoms with Gasteiger partial charge in [0.2, 0.25) is 27.7 Å². The molecule has 3 aromatic rings.